The number of aromatic nitrogens is 4. The molecule has 148 valence electrons. The molecular weight excluding hydrogens is 376 g/mol. The molecule has 0 spiro atoms. The van der Waals surface area contributed by atoms with E-state index in [1.165, 1.54) is 0 Å². The maximum atomic E-state index is 13.3. The molecule has 0 bridgehead atoms. The largest absolute Gasteiger partial charge is 0.348 e. The van der Waals surface area contributed by atoms with E-state index in [1.54, 1.807) is 4.68 Å². The summed E-state index contributed by atoms with van der Waals surface area (Å²) in [4.78, 5) is 13.3. The van der Waals surface area contributed by atoms with E-state index in [2.05, 4.69) is 44.4 Å². The predicted molar refractivity (Wildman–Crippen MR) is 115 cm³/mol. The Balaban J connectivity index is 1.58. The molecule has 5 rings (SSSR count). The summed E-state index contributed by atoms with van der Waals surface area (Å²) in [5.74, 6) is 0.369. The van der Waals surface area contributed by atoms with Crippen LogP contribution in [0.25, 0.3) is 10.8 Å². The van der Waals surface area contributed by atoms with Gasteiger partial charge in [0.15, 0.2) is 0 Å². The fourth-order valence-electron chi connectivity index (χ4n) is 3.96. The second kappa shape index (κ2) is 7.44. The Morgan fingerprint density at radius 3 is 2.67 bits per heavy atom. The minimum atomic E-state index is -0.432. The molecule has 2 N–H and O–H groups in total. The van der Waals surface area contributed by atoms with Crippen molar-refractivity contribution in [1.29, 1.82) is 0 Å². The van der Waals surface area contributed by atoms with Crippen LogP contribution in [0.1, 0.15) is 24.1 Å². The van der Waals surface area contributed by atoms with Gasteiger partial charge in [0.05, 0.1) is 5.57 Å². The van der Waals surface area contributed by atoms with Crippen LogP contribution >= 0.6 is 0 Å². The summed E-state index contributed by atoms with van der Waals surface area (Å²) in [6.45, 7) is 2.33. The molecule has 30 heavy (non-hydrogen) atoms. The number of nitrogens with one attached hydrogen (secondary N) is 2. The summed E-state index contributed by atoms with van der Waals surface area (Å²) in [5, 5.41) is 20.5. The fourth-order valence-corrected chi connectivity index (χ4v) is 3.96. The molecule has 0 aliphatic carbocycles. The van der Waals surface area contributed by atoms with Crippen molar-refractivity contribution in [1.82, 2.24) is 25.5 Å². The zero-order chi connectivity index (χ0) is 20.5. The van der Waals surface area contributed by atoms with Gasteiger partial charge in [0.25, 0.3) is 5.91 Å². The van der Waals surface area contributed by atoms with E-state index in [0.29, 0.717) is 18.1 Å². The zero-order valence-corrected chi connectivity index (χ0v) is 16.4. The summed E-state index contributed by atoms with van der Waals surface area (Å²) < 4.78 is 1.67. The van der Waals surface area contributed by atoms with Crippen LogP contribution in [0.3, 0.4) is 0 Å². The predicted octanol–water partition coefficient (Wildman–Crippen LogP) is 3.43. The molecule has 0 radical (unpaired) electrons. The quantitative estimate of drug-likeness (QED) is 0.552. The van der Waals surface area contributed by atoms with Crippen LogP contribution < -0.4 is 10.6 Å². The Bertz CT molecular complexity index is 1260. The second-order valence-corrected chi connectivity index (χ2v) is 7.25. The van der Waals surface area contributed by atoms with Crippen molar-refractivity contribution in [2.75, 3.05) is 5.32 Å². The minimum Gasteiger partial charge on any atom is -0.348 e. The van der Waals surface area contributed by atoms with Gasteiger partial charge in [-0.3, -0.25) is 4.79 Å². The van der Waals surface area contributed by atoms with Gasteiger partial charge >= 0.3 is 0 Å². The number of carbonyl (C=O) groups excluding carboxylic acids is 1. The SMILES string of the molecule is CC1=C(C(=O)NCc2ccccc2)C(c2cccc3ccccc23)n2nnnc2N1. The summed E-state index contributed by atoms with van der Waals surface area (Å²) in [7, 11) is 0. The summed E-state index contributed by atoms with van der Waals surface area (Å²) in [6, 6.07) is 23.6. The number of carbonyl (C=O) groups is 1. The van der Waals surface area contributed by atoms with Crippen molar-refractivity contribution in [2.45, 2.75) is 19.5 Å². The average molecular weight is 396 g/mol. The number of anilines is 1. The molecule has 3 aromatic carbocycles. The molecule has 4 aromatic rings. The summed E-state index contributed by atoms with van der Waals surface area (Å²) >= 11 is 0. The van der Waals surface area contributed by atoms with Crippen molar-refractivity contribution in [3.05, 3.63) is 95.2 Å². The topological polar surface area (TPSA) is 84.7 Å². The lowest BCUT2D eigenvalue weighted by Crippen LogP contribution is -2.35. The number of tetrazole rings is 1. The Morgan fingerprint density at radius 1 is 1.03 bits per heavy atom. The number of hydrogen-bond donors (Lipinski definition) is 2. The van der Waals surface area contributed by atoms with Crippen molar-refractivity contribution in [3.63, 3.8) is 0 Å². The van der Waals surface area contributed by atoms with Crippen LogP contribution in [-0.2, 0) is 11.3 Å². The van der Waals surface area contributed by atoms with Crippen molar-refractivity contribution >= 4 is 22.6 Å². The van der Waals surface area contributed by atoms with E-state index in [4.69, 9.17) is 0 Å². The highest BCUT2D eigenvalue weighted by Crippen LogP contribution is 2.37. The lowest BCUT2D eigenvalue weighted by atomic mass is 9.91. The molecule has 2 heterocycles. The first-order valence-electron chi connectivity index (χ1n) is 9.78. The molecule has 1 aliphatic heterocycles. The highest BCUT2D eigenvalue weighted by atomic mass is 16.1. The van der Waals surface area contributed by atoms with Gasteiger partial charge in [-0.1, -0.05) is 77.9 Å². The van der Waals surface area contributed by atoms with Gasteiger partial charge in [-0.2, -0.15) is 4.68 Å². The fraction of sp³-hybridized carbons (Fsp3) is 0.130. The van der Waals surface area contributed by atoms with Crippen LogP contribution in [0, 0.1) is 0 Å². The zero-order valence-electron chi connectivity index (χ0n) is 16.4. The molecule has 1 aliphatic rings. The van der Waals surface area contributed by atoms with Gasteiger partial charge in [0.2, 0.25) is 5.95 Å². The highest BCUT2D eigenvalue weighted by Gasteiger charge is 2.34. The lowest BCUT2D eigenvalue weighted by Gasteiger charge is -2.28. The van der Waals surface area contributed by atoms with Crippen molar-refractivity contribution < 1.29 is 4.79 Å². The molecule has 7 heteroatoms. The Morgan fingerprint density at radius 2 is 1.80 bits per heavy atom. The summed E-state index contributed by atoms with van der Waals surface area (Å²) in [6.07, 6.45) is 0. The lowest BCUT2D eigenvalue weighted by molar-refractivity contribution is -0.118. The molecule has 7 nitrogen and oxygen atoms in total. The number of nitrogens with zero attached hydrogens (tertiary/aromatic N) is 4. The molecule has 1 unspecified atom stereocenters. The first kappa shape index (κ1) is 18.1. The number of fused-ring (bicyclic) bond motifs is 2. The summed E-state index contributed by atoms with van der Waals surface area (Å²) in [5.41, 5.74) is 3.35. The molecule has 0 saturated carbocycles. The van der Waals surface area contributed by atoms with E-state index < -0.39 is 6.04 Å². The first-order valence-corrected chi connectivity index (χ1v) is 9.78. The van der Waals surface area contributed by atoms with Crippen LogP contribution in [-0.4, -0.2) is 26.1 Å². The van der Waals surface area contributed by atoms with Crippen molar-refractivity contribution in [2.24, 2.45) is 0 Å². The molecule has 1 aromatic heterocycles. The minimum absolute atomic E-state index is 0.150. The maximum Gasteiger partial charge on any atom is 0.251 e. The molecule has 1 amide bonds. The second-order valence-electron chi connectivity index (χ2n) is 7.25. The van der Waals surface area contributed by atoms with E-state index in [1.807, 2.05) is 61.5 Å². The van der Waals surface area contributed by atoms with Gasteiger partial charge in [-0.15, -0.1) is 0 Å². The van der Waals surface area contributed by atoms with Gasteiger partial charge < -0.3 is 10.6 Å². The van der Waals surface area contributed by atoms with Gasteiger partial charge in [-0.25, -0.2) is 0 Å². The number of rotatable bonds is 4. The van der Waals surface area contributed by atoms with Gasteiger partial charge in [-0.05, 0) is 39.2 Å². The third-order valence-corrected chi connectivity index (χ3v) is 5.37. The standard InChI is InChI=1S/C23H20N6O/c1-15-20(22(30)24-14-16-8-3-2-4-9-16)21(29-23(25-15)26-27-28-29)19-13-7-11-17-10-5-6-12-18(17)19/h2-13,21H,14H2,1H3,(H,24,30)(H,25,26,28). The number of allylic oxidation sites excluding steroid dienone is 1. The van der Waals surface area contributed by atoms with E-state index in [9.17, 15) is 4.79 Å². The van der Waals surface area contributed by atoms with Crippen molar-refractivity contribution in [3.8, 4) is 0 Å². The molecule has 1 atom stereocenters. The van der Waals surface area contributed by atoms with E-state index >= 15 is 0 Å². The molecule has 0 fully saturated rings. The van der Waals surface area contributed by atoms with E-state index in [-0.39, 0.29) is 5.91 Å². The van der Waals surface area contributed by atoms with Crippen LogP contribution in [0.5, 0.6) is 0 Å². The molecule has 0 saturated heterocycles. The Kier molecular flexibility index (Phi) is 4.48. The third kappa shape index (κ3) is 3.10. The third-order valence-electron chi connectivity index (χ3n) is 5.37. The molecular formula is C23H20N6O. The van der Waals surface area contributed by atoms with Crippen LogP contribution in [0.4, 0.5) is 5.95 Å². The van der Waals surface area contributed by atoms with Gasteiger partial charge in [0, 0.05) is 12.2 Å². The first-order chi connectivity index (χ1) is 14.7. The normalized spacial score (nSPS) is 15.6. The van der Waals surface area contributed by atoms with Crippen LogP contribution in [0.15, 0.2) is 84.1 Å². The highest BCUT2D eigenvalue weighted by molar-refractivity contribution is 5.98. The Labute approximate surface area is 173 Å². The Hall–Kier alpha value is -4.00. The van der Waals surface area contributed by atoms with Crippen LogP contribution in [0.2, 0.25) is 0 Å². The van der Waals surface area contributed by atoms with Gasteiger partial charge in [0.1, 0.15) is 6.04 Å². The maximum absolute atomic E-state index is 13.3. The monoisotopic (exact) mass is 396 g/mol. The number of benzene rings is 3. The number of amides is 1. The average Bonchev–Trinajstić information content (AvgIpc) is 3.25. The smallest absolute Gasteiger partial charge is 0.251 e. The van der Waals surface area contributed by atoms with E-state index in [0.717, 1.165) is 27.6 Å². The number of hydrogen-bond acceptors (Lipinski definition) is 5.